The highest BCUT2D eigenvalue weighted by Gasteiger charge is 2.25. The van der Waals surface area contributed by atoms with Gasteiger partial charge >= 0.3 is 0 Å². The zero-order valence-electron chi connectivity index (χ0n) is 8.35. The average Bonchev–Trinajstić information content (AvgIpc) is 2.28. The maximum atomic E-state index is 6.36. The molecule has 3 unspecified atom stereocenters. The van der Waals surface area contributed by atoms with Crippen molar-refractivity contribution >= 4 is 11.6 Å². The zero-order chi connectivity index (χ0) is 8.97. The van der Waals surface area contributed by atoms with Gasteiger partial charge in [0.05, 0.1) is 0 Å². The minimum Gasteiger partial charge on any atom is -0.123 e. The lowest BCUT2D eigenvalue weighted by atomic mass is 9.85. The zero-order valence-corrected chi connectivity index (χ0v) is 9.11. The molecule has 0 bridgehead atoms. The van der Waals surface area contributed by atoms with Crippen LogP contribution in [-0.2, 0) is 0 Å². The molecule has 0 amide bonds. The van der Waals surface area contributed by atoms with Gasteiger partial charge in [-0.25, -0.2) is 0 Å². The first-order valence-electron chi connectivity index (χ1n) is 5.39. The second-order valence-corrected chi connectivity index (χ2v) is 4.76. The molecule has 0 radical (unpaired) electrons. The minimum absolute atomic E-state index is 0.461. The summed E-state index contributed by atoms with van der Waals surface area (Å²) in [4.78, 5) is 0. The molecule has 0 saturated heterocycles. The van der Waals surface area contributed by atoms with Crippen LogP contribution in [-0.4, -0.2) is 5.38 Å². The summed E-state index contributed by atoms with van der Waals surface area (Å²) in [6.45, 7) is 4.63. The molecule has 0 nitrogen and oxygen atoms in total. The normalized spacial score (nSPS) is 34.2. The predicted octanol–water partition coefficient (Wildman–Crippen LogP) is 4.22. The number of rotatable bonds is 2. The van der Waals surface area contributed by atoms with Crippen LogP contribution in [0.1, 0.15) is 52.4 Å². The molecule has 1 rings (SSSR count). The van der Waals surface area contributed by atoms with Gasteiger partial charge in [-0.3, -0.25) is 0 Å². The molecule has 0 aromatic heterocycles. The van der Waals surface area contributed by atoms with Crippen LogP contribution in [0, 0.1) is 11.8 Å². The lowest BCUT2D eigenvalue weighted by molar-refractivity contribution is 0.317. The van der Waals surface area contributed by atoms with E-state index in [2.05, 4.69) is 13.8 Å². The van der Waals surface area contributed by atoms with E-state index in [1.165, 1.54) is 38.5 Å². The van der Waals surface area contributed by atoms with E-state index in [-0.39, 0.29) is 0 Å². The molecule has 1 heteroatoms. The predicted molar refractivity (Wildman–Crippen MR) is 55.7 cm³/mol. The largest absolute Gasteiger partial charge is 0.123 e. The van der Waals surface area contributed by atoms with Crippen molar-refractivity contribution in [2.45, 2.75) is 57.7 Å². The second-order valence-electron chi connectivity index (χ2n) is 4.20. The molecular weight excluding hydrogens is 168 g/mol. The Kier molecular flexibility index (Phi) is 4.42. The van der Waals surface area contributed by atoms with E-state index < -0.39 is 0 Å². The maximum Gasteiger partial charge on any atom is 0.0366 e. The summed E-state index contributed by atoms with van der Waals surface area (Å²) in [7, 11) is 0. The first-order valence-corrected chi connectivity index (χ1v) is 5.83. The molecule has 0 heterocycles. The fourth-order valence-corrected chi connectivity index (χ4v) is 2.76. The smallest absolute Gasteiger partial charge is 0.0366 e. The topological polar surface area (TPSA) is 0 Å². The van der Waals surface area contributed by atoms with E-state index in [4.69, 9.17) is 11.6 Å². The number of hydrogen-bond acceptors (Lipinski definition) is 0. The summed E-state index contributed by atoms with van der Waals surface area (Å²) in [6, 6.07) is 0. The van der Waals surface area contributed by atoms with Crippen LogP contribution in [0.2, 0.25) is 0 Å². The summed E-state index contributed by atoms with van der Waals surface area (Å²) in [5, 5.41) is 0.461. The van der Waals surface area contributed by atoms with Gasteiger partial charge in [0.1, 0.15) is 0 Å². The van der Waals surface area contributed by atoms with Gasteiger partial charge in [0.2, 0.25) is 0 Å². The van der Waals surface area contributed by atoms with Gasteiger partial charge in [0.25, 0.3) is 0 Å². The molecule has 0 N–H and O–H groups in total. The van der Waals surface area contributed by atoms with Gasteiger partial charge in [0, 0.05) is 5.38 Å². The Morgan fingerprint density at radius 1 is 1.25 bits per heavy atom. The highest BCUT2D eigenvalue weighted by molar-refractivity contribution is 6.20. The molecule has 0 aromatic carbocycles. The molecule has 1 aliphatic carbocycles. The number of alkyl halides is 1. The molecule has 0 spiro atoms. The molecule has 0 aromatic rings. The van der Waals surface area contributed by atoms with Gasteiger partial charge < -0.3 is 0 Å². The molecule has 3 atom stereocenters. The van der Waals surface area contributed by atoms with Crippen LogP contribution in [0.5, 0.6) is 0 Å². The Morgan fingerprint density at radius 3 is 2.58 bits per heavy atom. The maximum absolute atomic E-state index is 6.36. The summed E-state index contributed by atoms with van der Waals surface area (Å²) in [6.07, 6.45) is 8.04. The van der Waals surface area contributed by atoms with Crippen molar-refractivity contribution in [1.82, 2.24) is 0 Å². The van der Waals surface area contributed by atoms with Gasteiger partial charge in [-0.2, -0.15) is 0 Å². The second kappa shape index (κ2) is 5.11. The van der Waals surface area contributed by atoms with Crippen LogP contribution in [0.4, 0.5) is 0 Å². The monoisotopic (exact) mass is 188 g/mol. The van der Waals surface area contributed by atoms with Crippen molar-refractivity contribution < 1.29 is 0 Å². The van der Waals surface area contributed by atoms with Crippen molar-refractivity contribution in [2.75, 3.05) is 0 Å². The van der Waals surface area contributed by atoms with E-state index in [9.17, 15) is 0 Å². The van der Waals surface area contributed by atoms with Crippen LogP contribution >= 0.6 is 11.6 Å². The lowest BCUT2D eigenvalue weighted by Gasteiger charge is -2.25. The van der Waals surface area contributed by atoms with Crippen LogP contribution in [0.15, 0.2) is 0 Å². The van der Waals surface area contributed by atoms with Crippen molar-refractivity contribution in [2.24, 2.45) is 11.8 Å². The Labute approximate surface area is 81.7 Å². The average molecular weight is 189 g/mol. The Bertz CT molecular complexity index is 122. The third-order valence-corrected chi connectivity index (χ3v) is 3.90. The first-order chi connectivity index (χ1) is 5.75. The van der Waals surface area contributed by atoms with E-state index in [0.717, 1.165) is 11.8 Å². The Hall–Kier alpha value is 0.290. The Balaban J connectivity index is 2.46. The standard InChI is InChI=1S/C11H21Cl/c1-3-9(2)10-7-5-4-6-8-11(10)12/h9-11H,3-8H2,1-2H3. The van der Waals surface area contributed by atoms with Crippen LogP contribution < -0.4 is 0 Å². The van der Waals surface area contributed by atoms with Crippen LogP contribution in [0.3, 0.4) is 0 Å². The third kappa shape index (κ3) is 2.65. The molecular formula is C11H21Cl. The fraction of sp³-hybridized carbons (Fsp3) is 1.00. The molecule has 1 aliphatic rings. The van der Waals surface area contributed by atoms with E-state index >= 15 is 0 Å². The molecule has 12 heavy (non-hydrogen) atoms. The first kappa shape index (κ1) is 10.4. The van der Waals surface area contributed by atoms with Crippen molar-refractivity contribution in [3.63, 3.8) is 0 Å². The summed E-state index contributed by atoms with van der Waals surface area (Å²) in [5.74, 6) is 1.62. The fourth-order valence-electron chi connectivity index (χ4n) is 2.23. The highest BCUT2D eigenvalue weighted by atomic mass is 35.5. The van der Waals surface area contributed by atoms with Gasteiger partial charge in [-0.15, -0.1) is 11.6 Å². The summed E-state index contributed by atoms with van der Waals surface area (Å²) in [5.41, 5.74) is 0. The van der Waals surface area contributed by atoms with E-state index in [1.807, 2.05) is 0 Å². The van der Waals surface area contributed by atoms with Gasteiger partial charge in [-0.05, 0) is 24.7 Å². The SMILES string of the molecule is CCC(C)C1CCCCCC1Cl. The van der Waals surface area contributed by atoms with Crippen molar-refractivity contribution in [1.29, 1.82) is 0 Å². The molecule has 1 fully saturated rings. The number of halogens is 1. The highest BCUT2D eigenvalue weighted by Crippen LogP contribution is 2.33. The molecule has 0 aliphatic heterocycles. The van der Waals surface area contributed by atoms with Crippen molar-refractivity contribution in [3.8, 4) is 0 Å². The lowest BCUT2D eigenvalue weighted by Crippen LogP contribution is -2.20. The van der Waals surface area contributed by atoms with Gasteiger partial charge in [-0.1, -0.05) is 39.5 Å². The number of hydrogen-bond donors (Lipinski definition) is 0. The Morgan fingerprint density at radius 2 is 1.92 bits per heavy atom. The van der Waals surface area contributed by atoms with Crippen LogP contribution in [0.25, 0.3) is 0 Å². The quantitative estimate of drug-likeness (QED) is 0.450. The molecule has 72 valence electrons. The molecule has 1 saturated carbocycles. The minimum atomic E-state index is 0.461. The van der Waals surface area contributed by atoms with E-state index in [1.54, 1.807) is 0 Å². The summed E-state index contributed by atoms with van der Waals surface area (Å²) >= 11 is 6.36. The third-order valence-electron chi connectivity index (χ3n) is 3.36. The van der Waals surface area contributed by atoms with Gasteiger partial charge in [0.15, 0.2) is 0 Å². The summed E-state index contributed by atoms with van der Waals surface area (Å²) < 4.78 is 0. The van der Waals surface area contributed by atoms with Crippen molar-refractivity contribution in [3.05, 3.63) is 0 Å². The van der Waals surface area contributed by atoms with E-state index in [0.29, 0.717) is 5.38 Å².